The molecule has 1 aromatic carbocycles. The molecule has 1 atom stereocenters. The lowest BCUT2D eigenvalue weighted by molar-refractivity contribution is -0.0307. The minimum absolute atomic E-state index is 0.191. The maximum Gasteiger partial charge on any atom is 0.122 e. The molecule has 0 bridgehead atoms. The van der Waals surface area contributed by atoms with E-state index in [0.717, 1.165) is 31.9 Å². The molecular formula is C14H21NO3. The lowest BCUT2D eigenvalue weighted by atomic mass is 10.1. The van der Waals surface area contributed by atoms with Gasteiger partial charge in [-0.3, -0.25) is 0 Å². The minimum Gasteiger partial charge on any atom is -0.496 e. The average molecular weight is 251 g/mol. The number of hydrogen-bond donors (Lipinski definition) is 1. The van der Waals surface area contributed by atoms with Gasteiger partial charge in [-0.2, -0.15) is 0 Å². The van der Waals surface area contributed by atoms with E-state index in [2.05, 4.69) is 11.4 Å². The molecule has 4 nitrogen and oxygen atoms in total. The van der Waals surface area contributed by atoms with E-state index >= 15 is 0 Å². The van der Waals surface area contributed by atoms with Gasteiger partial charge in [0.05, 0.1) is 33.0 Å². The summed E-state index contributed by atoms with van der Waals surface area (Å²) in [6, 6.07) is 8.04. The Kier molecular flexibility index (Phi) is 5.45. The minimum atomic E-state index is 0.191. The number of rotatable bonds is 6. The van der Waals surface area contributed by atoms with Crippen LogP contribution in [0.1, 0.15) is 5.56 Å². The molecule has 2 rings (SSSR count). The second-order valence-corrected chi connectivity index (χ2v) is 4.33. The van der Waals surface area contributed by atoms with Crippen LogP contribution in [0, 0.1) is 0 Å². The first kappa shape index (κ1) is 13.3. The van der Waals surface area contributed by atoms with Crippen LogP contribution in [0.15, 0.2) is 24.3 Å². The maximum atomic E-state index is 5.66. The molecule has 18 heavy (non-hydrogen) atoms. The first-order valence-corrected chi connectivity index (χ1v) is 6.42. The molecule has 0 aromatic heterocycles. The van der Waals surface area contributed by atoms with Crippen LogP contribution in [0.25, 0.3) is 0 Å². The van der Waals surface area contributed by atoms with Gasteiger partial charge in [0.1, 0.15) is 5.75 Å². The van der Waals surface area contributed by atoms with Crippen LogP contribution < -0.4 is 10.1 Å². The average Bonchev–Trinajstić information content (AvgIpc) is 2.45. The lowest BCUT2D eigenvalue weighted by Gasteiger charge is -2.23. The molecule has 1 unspecified atom stereocenters. The Morgan fingerprint density at radius 3 is 3.06 bits per heavy atom. The largest absolute Gasteiger partial charge is 0.496 e. The second kappa shape index (κ2) is 7.36. The Balaban J connectivity index is 1.68. The summed E-state index contributed by atoms with van der Waals surface area (Å²) in [7, 11) is 1.70. The van der Waals surface area contributed by atoms with E-state index in [1.54, 1.807) is 7.11 Å². The fourth-order valence-corrected chi connectivity index (χ4v) is 2.03. The van der Waals surface area contributed by atoms with E-state index in [1.165, 1.54) is 5.56 Å². The van der Waals surface area contributed by atoms with Crippen molar-refractivity contribution in [1.82, 2.24) is 5.32 Å². The molecule has 1 fully saturated rings. The van der Waals surface area contributed by atoms with Gasteiger partial charge in [0.25, 0.3) is 0 Å². The monoisotopic (exact) mass is 251 g/mol. The normalized spacial score (nSPS) is 19.7. The van der Waals surface area contributed by atoms with Crippen LogP contribution in [0.4, 0.5) is 0 Å². The van der Waals surface area contributed by atoms with Gasteiger partial charge >= 0.3 is 0 Å². The number of benzene rings is 1. The Morgan fingerprint density at radius 1 is 1.39 bits per heavy atom. The second-order valence-electron chi connectivity index (χ2n) is 4.33. The zero-order valence-corrected chi connectivity index (χ0v) is 10.9. The first-order chi connectivity index (χ1) is 8.90. The summed E-state index contributed by atoms with van der Waals surface area (Å²) >= 11 is 0. The highest BCUT2D eigenvalue weighted by Gasteiger charge is 2.13. The molecule has 100 valence electrons. The topological polar surface area (TPSA) is 39.7 Å². The number of para-hydroxylation sites is 1. The highest BCUT2D eigenvalue weighted by atomic mass is 16.5. The lowest BCUT2D eigenvalue weighted by Crippen LogP contribution is -2.41. The number of methoxy groups -OCH3 is 1. The highest BCUT2D eigenvalue weighted by molar-refractivity contribution is 5.33. The molecule has 1 saturated heterocycles. The zero-order chi connectivity index (χ0) is 12.6. The van der Waals surface area contributed by atoms with E-state index in [9.17, 15) is 0 Å². The van der Waals surface area contributed by atoms with Crippen molar-refractivity contribution in [3.63, 3.8) is 0 Å². The third kappa shape index (κ3) is 3.98. The van der Waals surface area contributed by atoms with Crippen molar-refractivity contribution < 1.29 is 14.2 Å². The van der Waals surface area contributed by atoms with E-state index in [-0.39, 0.29) is 6.10 Å². The molecule has 0 aliphatic carbocycles. The summed E-state index contributed by atoms with van der Waals surface area (Å²) in [5.74, 6) is 0.927. The Hall–Kier alpha value is -1.10. The number of morpholine rings is 1. The maximum absolute atomic E-state index is 5.66. The van der Waals surface area contributed by atoms with Gasteiger partial charge in [0.2, 0.25) is 0 Å². The van der Waals surface area contributed by atoms with Gasteiger partial charge in [-0.15, -0.1) is 0 Å². The SMILES string of the molecule is COc1ccccc1CCOCC1CNCCO1. The van der Waals surface area contributed by atoms with Crippen LogP contribution >= 0.6 is 0 Å². The van der Waals surface area contributed by atoms with Crippen LogP contribution in [0.3, 0.4) is 0 Å². The zero-order valence-electron chi connectivity index (χ0n) is 10.9. The summed E-state index contributed by atoms with van der Waals surface area (Å²) in [5, 5.41) is 3.29. The van der Waals surface area contributed by atoms with Crippen LogP contribution in [0.2, 0.25) is 0 Å². The molecule has 0 spiro atoms. The number of ether oxygens (including phenoxy) is 3. The van der Waals surface area contributed by atoms with Gasteiger partial charge in [0.15, 0.2) is 0 Å². The van der Waals surface area contributed by atoms with E-state index < -0.39 is 0 Å². The van der Waals surface area contributed by atoms with E-state index in [0.29, 0.717) is 13.2 Å². The van der Waals surface area contributed by atoms with E-state index in [4.69, 9.17) is 14.2 Å². The number of hydrogen-bond acceptors (Lipinski definition) is 4. The summed E-state index contributed by atoms with van der Waals surface area (Å²) in [4.78, 5) is 0. The van der Waals surface area contributed by atoms with Crippen molar-refractivity contribution in [2.24, 2.45) is 0 Å². The third-order valence-electron chi connectivity index (χ3n) is 3.02. The van der Waals surface area contributed by atoms with Crippen molar-refractivity contribution >= 4 is 0 Å². The molecule has 1 N–H and O–H groups in total. The van der Waals surface area contributed by atoms with Gasteiger partial charge in [-0.05, 0) is 18.1 Å². The Morgan fingerprint density at radius 2 is 2.28 bits per heavy atom. The predicted octanol–water partition coefficient (Wildman–Crippen LogP) is 1.24. The fourth-order valence-electron chi connectivity index (χ4n) is 2.03. The summed E-state index contributed by atoms with van der Waals surface area (Å²) < 4.78 is 16.5. The van der Waals surface area contributed by atoms with E-state index in [1.807, 2.05) is 18.2 Å². The van der Waals surface area contributed by atoms with Crippen LogP contribution in [-0.2, 0) is 15.9 Å². The first-order valence-electron chi connectivity index (χ1n) is 6.42. The highest BCUT2D eigenvalue weighted by Crippen LogP contribution is 2.17. The molecule has 1 aromatic rings. The molecule has 0 radical (unpaired) electrons. The van der Waals surface area contributed by atoms with Crippen molar-refractivity contribution in [3.8, 4) is 5.75 Å². The van der Waals surface area contributed by atoms with Crippen molar-refractivity contribution in [2.45, 2.75) is 12.5 Å². The summed E-state index contributed by atoms with van der Waals surface area (Å²) in [6.45, 7) is 3.95. The molecular weight excluding hydrogens is 230 g/mol. The third-order valence-corrected chi connectivity index (χ3v) is 3.02. The summed E-state index contributed by atoms with van der Waals surface area (Å²) in [5.41, 5.74) is 1.18. The summed E-state index contributed by atoms with van der Waals surface area (Å²) in [6.07, 6.45) is 1.06. The molecule has 1 heterocycles. The molecule has 0 saturated carbocycles. The smallest absolute Gasteiger partial charge is 0.122 e. The van der Waals surface area contributed by atoms with Crippen LogP contribution in [-0.4, -0.2) is 46.1 Å². The molecule has 0 amide bonds. The fraction of sp³-hybridized carbons (Fsp3) is 0.571. The predicted molar refractivity (Wildman–Crippen MR) is 70.1 cm³/mol. The van der Waals surface area contributed by atoms with Crippen molar-refractivity contribution in [2.75, 3.05) is 40.0 Å². The van der Waals surface area contributed by atoms with Crippen molar-refractivity contribution in [1.29, 1.82) is 0 Å². The number of nitrogens with one attached hydrogen (secondary N) is 1. The standard InChI is InChI=1S/C14H21NO3/c1-16-14-5-3-2-4-12(14)6-8-17-11-13-10-15-7-9-18-13/h2-5,13,15H,6-11H2,1H3. The molecule has 4 heteroatoms. The molecule has 1 aliphatic rings. The van der Waals surface area contributed by atoms with Gasteiger partial charge in [-0.25, -0.2) is 0 Å². The van der Waals surface area contributed by atoms with Crippen LogP contribution in [0.5, 0.6) is 5.75 Å². The van der Waals surface area contributed by atoms with Crippen molar-refractivity contribution in [3.05, 3.63) is 29.8 Å². The Labute approximate surface area is 108 Å². The quantitative estimate of drug-likeness (QED) is 0.772. The molecule has 1 aliphatic heterocycles. The Bertz CT molecular complexity index is 351. The van der Waals surface area contributed by atoms with Gasteiger partial charge in [-0.1, -0.05) is 18.2 Å². The van der Waals surface area contributed by atoms with Gasteiger partial charge < -0.3 is 19.5 Å². The van der Waals surface area contributed by atoms with Gasteiger partial charge in [0, 0.05) is 13.1 Å².